The number of rotatable bonds is 7. The van der Waals surface area contributed by atoms with E-state index in [1.165, 1.54) is 22.4 Å². The number of thiophene rings is 1. The molecule has 1 heterocycles. The van der Waals surface area contributed by atoms with Crippen LogP contribution in [0.2, 0.25) is 4.34 Å². The molecule has 1 unspecified atom stereocenters. The van der Waals surface area contributed by atoms with E-state index in [9.17, 15) is 0 Å². The predicted molar refractivity (Wildman–Crippen MR) is 89.9 cm³/mol. The first-order chi connectivity index (χ1) is 9.74. The SMILES string of the molecule is CCCNC(c1ccc(CCC)cc1)c1ccc(Cl)s1. The van der Waals surface area contributed by atoms with Gasteiger partial charge in [0.25, 0.3) is 0 Å². The smallest absolute Gasteiger partial charge is 0.0931 e. The summed E-state index contributed by atoms with van der Waals surface area (Å²) < 4.78 is 0.853. The molecule has 0 fully saturated rings. The fraction of sp³-hybridized carbons (Fsp3) is 0.412. The van der Waals surface area contributed by atoms with E-state index in [1.807, 2.05) is 6.07 Å². The molecule has 0 aliphatic heterocycles. The third-order valence-corrected chi connectivity index (χ3v) is 4.62. The Bertz CT molecular complexity index is 518. The minimum absolute atomic E-state index is 0.253. The van der Waals surface area contributed by atoms with Crippen LogP contribution in [0.3, 0.4) is 0 Å². The molecule has 1 atom stereocenters. The Morgan fingerprint density at radius 3 is 2.35 bits per heavy atom. The maximum atomic E-state index is 6.08. The number of nitrogens with one attached hydrogen (secondary N) is 1. The Hall–Kier alpha value is -0.830. The zero-order valence-corrected chi connectivity index (χ0v) is 13.7. The highest BCUT2D eigenvalue weighted by molar-refractivity contribution is 7.16. The molecule has 0 spiro atoms. The quantitative estimate of drug-likeness (QED) is 0.718. The summed E-state index contributed by atoms with van der Waals surface area (Å²) >= 11 is 7.74. The Morgan fingerprint density at radius 2 is 1.80 bits per heavy atom. The van der Waals surface area contributed by atoms with Gasteiger partial charge in [-0.1, -0.05) is 56.1 Å². The normalized spacial score (nSPS) is 12.6. The van der Waals surface area contributed by atoms with Crippen LogP contribution in [0.4, 0.5) is 0 Å². The molecule has 0 saturated heterocycles. The molecule has 1 nitrogen and oxygen atoms in total. The van der Waals surface area contributed by atoms with Crippen molar-refractivity contribution < 1.29 is 0 Å². The van der Waals surface area contributed by atoms with Crippen LogP contribution in [0.15, 0.2) is 36.4 Å². The fourth-order valence-electron chi connectivity index (χ4n) is 2.32. The van der Waals surface area contributed by atoms with Gasteiger partial charge in [0.05, 0.1) is 10.4 Å². The third-order valence-electron chi connectivity index (χ3n) is 3.33. The monoisotopic (exact) mass is 307 g/mol. The minimum Gasteiger partial charge on any atom is -0.306 e. The summed E-state index contributed by atoms with van der Waals surface area (Å²) in [6.07, 6.45) is 3.47. The van der Waals surface area contributed by atoms with E-state index in [0.29, 0.717) is 0 Å². The molecule has 1 N–H and O–H groups in total. The van der Waals surface area contributed by atoms with Crippen molar-refractivity contribution in [2.75, 3.05) is 6.54 Å². The molecule has 0 aliphatic carbocycles. The van der Waals surface area contributed by atoms with Gasteiger partial charge in [-0.15, -0.1) is 11.3 Å². The number of hydrogen-bond donors (Lipinski definition) is 1. The third kappa shape index (κ3) is 4.08. The first kappa shape index (κ1) is 15.6. The Kier molecular flexibility index (Phi) is 6.08. The van der Waals surface area contributed by atoms with Crippen molar-refractivity contribution in [1.29, 1.82) is 0 Å². The van der Waals surface area contributed by atoms with Gasteiger partial charge < -0.3 is 5.32 Å². The van der Waals surface area contributed by atoms with E-state index in [0.717, 1.165) is 23.7 Å². The average Bonchev–Trinajstić information content (AvgIpc) is 2.88. The highest BCUT2D eigenvalue weighted by Crippen LogP contribution is 2.31. The Balaban J connectivity index is 2.21. The standard InChI is InChI=1S/C17H22ClNS/c1-3-5-13-6-8-14(9-7-13)17(19-12-4-2)15-10-11-16(18)20-15/h6-11,17,19H,3-5,12H2,1-2H3. The zero-order valence-electron chi connectivity index (χ0n) is 12.2. The molecule has 0 aliphatic rings. The van der Waals surface area contributed by atoms with Crippen LogP contribution < -0.4 is 5.32 Å². The van der Waals surface area contributed by atoms with E-state index in [1.54, 1.807) is 11.3 Å². The van der Waals surface area contributed by atoms with Gasteiger partial charge in [-0.2, -0.15) is 0 Å². The summed E-state index contributed by atoms with van der Waals surface area (Å²) in [4.78, 5) is 1.28. The highest BCUT2D eigenvalue weighted by atomic mass is 35.5. The molecular formula is C17H22ClNS. The van der Waals surface area contributed by atoms with Crippen molar-refractivity contribution in [1.82, 2.24) is 5.32 Å². The van der Waals surface area contributed by atoms with Gasteiger partial charge in [0.1, 0.15) is 0 Å². The second-order valence-corrected chi connectivity index (χ2v) is 6.77. The Morgan fingerprint density at radius 1 is 1.05 bits per heavy atom. The van der Waals surface area contributed by atoms with Crippen LogP contribution >= 0.6 is 22.9 Å². The van der Waals surface area contributed by atoms with E-state index < -0.39 is 0 Å². The van der Waals surface area contributed by atoms with Crippen molar-refractivity contribution in [2.45, 2.75) is 39.2 Å². The first-order valence-corrected chi connectivity index (χ1v) is 8.51. The lowest BCUT2D eigenvalue weighted by Gasteiger charge is -2.18. The van der Waals surface area contributed by atoms with E-state index in [2.05, 4.69) is 49.5 Å². The molecule has 1 aromatic heterocycles. The van der Waals surface area contributed by atoms with Crippen LogP contribution in [0.25, 0.3) is 0 Å². The van der Waals surface area contributed by atoms with Gasteiger partial charge >= 0.3 is 0 Å². The molecule has 0 bridgehead atoms. The number of halogens is 1. The summed E-state index contributed by atoms with van der Waals surface area (Å²) in [6.45, 7) is 5.42. The van der Waals surface area contributed by atoms with Gasteiger partial charge in [0.15, 0.2) is 0 Å². The zero-order chi connectivity index (χ0) is 14.4. The van der Waals surface area contributed by atoms with Gasteiger partial charge in [-0.05, 0) is 42.6 Å². The topological polar surface area (TPSA) is 12.0 Å². The molecular weight excluding hydrogens is 286 g/mol. The molecule has 0 saturated carbocycles. The molecule has 2 aromatic rings. The molecule has 0 amide bonds. The van der Waals surface area contributed by atoms with Crippen molar-refractivity contribution in [3.8, 4) is 0 Å². The van der Waals surface area contributed by atoms with Gasteiger partial charge in [0.2, 0.25) is 0 Å². The van der Waals surface area contributed by atoms with Crippen molar-refractivity contribution in [2.24, 2.45) is 0 Å². The molecule has 0 radical (unpaired) electrons. The Labute approximate surface area is 131 Å². The molecule has 3 heteroatoms. The van der Waals surface area contributed by atoms with Crippen molar-refractivity contribution in [3.05, 3.63) is 56.7 Å². The summed E-state index contributed by atoms with van der Waals surface area (Å²) in [5, 5.41) is 3.62. The largest absolute Gasteiger partial charge is 0.306 e. The van der Waals surface area contributed by atoms with Gasteiger partial charge in [0, 0.05) is 4.88 Å². The van der Waals surface area contributed by atoms with Crippen LogP contribution in [-0.4, -0.2) is 6.54 Å². The lowest BCUT2D eigenvalue weighted by atomic mass is 10.0. The van der Waals surface area contributed by atoms with Crippen LogP contribution in [0.1, 0.15) is 48.7 Å². The van der Waals surface area contributed by atoms with Gasteiger partial charge in [-0.25, -0.2) is 0 Å². The maximum absolute atomic E-state index is 6.08. The predicted octanol–water partition coefficient (Wildman–Crippen LogP) is 5.44. The summed E-state index contributed by atoms with van der Waals surface area (Å²) in [7, 11) is 0. The molecule has 108 valence electrons. The minimum atomic E-state index is 0.253. The van der Waals surface area contributed by atoms with Crippen LogP contribution in [0.5, 0.6) is 0 Å². The summed E-state index contributed by atoms with van der Waals surface area (Å²) in [5.74, 6) is 0. The fourth-order valence-corrected chi connectivity index (χ4v) is 3.49. The van der Waals surface area contributed by atoms with Crippen LogP contribution in [0, 0.1) is 0 Å². The second-order valence-electron chi connectivity index (χ2n) is 5.02. The lowest BCUT2D eigenvalue weighted by molar-refractivity contribution is 0.605. The number of aryl methyl sites for hydroxylation is 1. The first-order valence-electron chi connectivity index (χ1n) is 7.32. The second kappa shape index (κ2) is 7.82. The molecule has 1 aromatic carbocycles. The van der Waals surface area contributed by atoms with E-state index in [4.69, 9.17) is 11.6 Å². The van der Waals surface area contributed by atoms with Crippen molar-refractivity contribution >= 4 is 22.9 Å². The number of hydrogen-bond acceptors (Lipinski definition) is 2. The summed E-state index contributed by atoms with van der Waals surface area (Å²) in [5.41, 5.74) is 2.73. The van der Waals surface area contributed by atoms with E-state index in [-0.39, 0.29) is 6.04 Å². The van der Waals surface area contributed by atoms with Crippen molar-refractivity contribution in [3.63, 3.8) is 0 Å². The van der Waals surface area contributed by atoms with Gasteiger partial charge in [-0.3, -0.25) is 0 Å². The lowest BCUT2D eigenvalue weighted by Crippen LogP contribution is -2.22. The molecule has 2 rings (SSSR count). The molecule has 20 heavy (non-hydrogen) atoms. The highest BCUT2D eigenvalue weighted by Gasteiger charge is 2.15. The van der Waals surface area contributed by atoms with E-state index >= 15 is 0 Å². The number of benzene rings is 1. The van der Waals surface area contributed by atoms with Crippen LogP contribution in [-0.2, 0) is 6.42 Å². The average molecular weight is 308 g/mol. The maximum Gasteiger partial charge on any atom is 0.0931 e. The summed E-state index contributed by atoms with van der Waals surface area (Å²) in [6, 6.07) is 13.3.